The number of carbonyl (C=O) groups is 1. The van der Waals surface area contributed by atoms with Crippen LogP contribution in [-0.2, 0) is 14.3 Å². The lowest BCUT2D eigenvalue weighted by Gasteiger charge is -2.35. The summed E-state index contributed by atoms with van der Waals surface area (Å²) in [5.74, 6) is -0.0212. The molecule has 0 aromatic rings. The Bertz CT molecular complexity index is 263. The summed E-state index contributed by atoms with van der Waals surface area (Å²) in [7, 11) is 0. The largest absolute Gasteiger partial charge is 0.462 e. The van der Waals surface area contributed by atoms with Crippen molar-refractivity contribution in [2.24, 2.45) is 5.41 Å². The van der Waals surface area contributed by atoms with Gasteiger partial charge in [-0.25, -0.2) is 0 Å². The van der Waals surface area contributed by atoms with Crippen LogP contribution in [0.3, 0.4) is 0 Å². The normalized spacial score (nSPS) is 32.4. The van der Waals surface area contributed by atoms with Gasteiger partial charge in [0.2, 0.25) is 0 Å². The molecule has 2 atom stereocenters. The van der Waals surface area contributed by atoms with Crippen molar-refractivity contribution >= 4 is 5.97 Å². The number of nitrogens with one attached hydrogen (secondary N) is 1. The van der Waals surface area contributed by atoms with Crippen molar-refractivity contribution in [3.63, 3.8) is 0 Å². The fraction of sp³-hybridized carbons (Fsp3) is 0.929. The zero-order chi connectivity index (χ0) is 12.8. The smallest absolute Gasteiger partial charge is 0.313 e. The molecule has 0 spiro atoms. The first kappa shape index (κ1) is 13.8. The van der Waals surface area contributed by atoms with E-state index in [0.29, 0.717) is 6.61 Å². The molecule has 2 aliphatic rings. The molecule has 2 saturated heterocycles. The molecule has 4 heteroatoms. The maximum Gasteiger partial charge on any atom is 0.313 e. The lowest BCUT2D eigenvalue weighted by molar-refractivity contribution is -0.161. The Hall–Kier alpha value is -0.610. The monoisotopic (exact) mass is 255 g/mol. The highest BCUT2D eigenvalue weighted by Gasteiger charge is 2.40. The molecule has 2 aliphatic heterocycles. The molecule has 0 aromatic carbocycles. The second kappa shape index (κ2) is 6.53. The molecule has 2 rings (SSSR count). The average Bonchev–Trinajstić information content (AvgIpc) is 2.90. The zero-order valence-corrected chi connectivity index (χ0v) is 11.4. The van der Waals surface area contributed by atoms with Crippen molar-refractivity contribution in [3.05, 3.63) is 0 Å². The first-order valence-corrected chi connectivity index (χ1v) is 7.26. The molecule has 4 nitrogen and oxygen atoms in total. The van der Waals surface area contributed by atoms with Crippen molar-refractivity contribution in [1.82, 2.24) is 5.32 Å². The van der Waals surface area contributed by atoms with Crippen LogP contribution < -0.4 is 5.32 Å². The van der Waals surface area contributed by atoms with Gasteiger partial charge in [-0.05, 0) is 38.6 Å². The molecule has 0 amide bonds. The topological polar surface area (TPSA) is 47.6 Å². The quantitative estimate of drug-likeness (QED) is 0.762. The Kier molecular flexibility index (Phi) is 5.01. The minimum Gasteiger partial charge on any atom is -0.462 e. The summed E-state index contributed by atoms with van der Waals surface area (Å²) in [5, 5.41) is 3.34. The molecular formula is C14H25NO3. The van der Waals surface area contributed by atoms with Gasteiger partial charge in [0, 0.05) is 13.2 Å². The van der Waals surface area contributed by atoms with E-state index in [0.717, 1.165) is 58.2 Å². The number of esters is 1. The van der Waals surface area contributed by atoms with E-state index in [-0.39, 0.29) is 17.5 Å². The summed E-state index contributed by atoms with van der Waals surface area (Å²) in [4.78, 5) is 12.3. The van der Waals surface area contributed by atoms with E-state index >= 15 is 0 Å². The summed E-state index contributed by atoms with van der Waals surface area (Å²) in [6.07, 6.45) is 6.20. The minimum absolute atomic E-state index is 0.0212. The maximum absolute atomic E-state index is 12.3. The van der Waals surface area contributed by atoms with E-state index in [4.69, 9.17) is 9.47 Å². The molecule has 0 bridgehead atoms. The van der Waals surface area contributed by atoms with Crippen LogP contribution in [0, 0.1) is 5.41 Å². The second-order valence-corrected chi connectivity index (χ2v) is 5.54. The summed E-state index contributed by atoms with van der Waals surface area (Å²) >= 11 is 0. The summed E-state index contributed by atoms with van der Waals surface area (Å²) < 4.78 is 11.0. The highest BCUT2D eigenvalue weighted by Crippen LogP contribution is 2.33. The fourth-order valence-corrected chi connectivity index (χ4v) is 3.03. The number of carbonyl (C=O) groups excluding carboxylic acids is 1. The third-order valence-electron chi connectivity index (χ3n) is 4.06. The average molecular weight is 255 g/mol. The van der Waals surface area contributed by atoms with Gasteiger partial charge in [0.05, 0.1) is 11.5 Å². The standard InChI is InChI=1S/C14H25NO3/c1-2-6-14(7-4-8-15-11-14)13(16)18-10-12-5-3-9-17-12/h12,15H,2-11H2,1H3. The lowest BCUT2D eigenvalue weighted by atomic mass is 9.77. The summed E-state index contributed by atoms with van der Waals surface area (Å²) in [6, 6.07) is 0. The third kappa shape index (κ3) is 3.23. The van der Waals surface area contributed by atoms with Gasteiger partial charge in [0.15, 0.2) is 0 Å². The van der Waals surface area contributed by atoms with Gasteiger partial charge in [-0.15, -0.1) is 0 Å². The Morgan fingerprint density at radius 2 is 2.39 bits per heavy atom. The molecule has 2 unspecified atom stereocenters. The van der Waals surface area contributed by atoms with Crippen molar-refractivity contribution in [3.8, 4) is 0 Å². The maximum atomic E-state index is 12.3. The first-order chi connectivity index (χ1) is 8.77. The van der Waals surface area contributed by atoms with Gasteiger partial charge in [0.25, 0.3) is 0 Å². The van der Waals surface area contributed by atoms with Crippen LogP contribution in [0.15, 0.2) is 0 Å². The van der Waals surface area contributed by atoms with Crippen LogP contribution in [0.1, 0.15) is 45.4 Å². The number of hydrogen-bond acceptors (Lipinski definition) is 4. The summed E-state index contributed by atoms with van der Waals surface area (Å²) in [5.41, 5.74) is -0.286. The molecule has 0 aromatic heterocycles. The Morgan fingerprint density at radius 1 is 1.50 bits per heavy atom. The van der Waals surface area contributed by atoms with Crippen molar-refractivity contribution in [2.75, 3.05) is 26.3 Å². The van der Waals surface area contributed by atoms with E-state index < -0.39 is 0 Å². The number of hydrogen-bond donors (Lipinski definition) is 1. The number of piperidine rings is 1. The zero-order valence-electron chi connectivity index (χ0n) is 11.4. The van der Waals surface area contributed by atoms with Gasteiger partial charge in [-0.3, -0.25) is 4.79 Å². The van der Waals surface area contributed by atoms with E-state index in [2.05, 4.69) is 12.2 Å². The SMILES string of the molecule is CCCC1(C(=O)OCC2CCCO2)CCCNC1. The summed E-state index contributed by atoms with van der Waals surface area (Å²) in [6.45, 7) is 5.16. The Labute approximate surface area is 109 Å². The molecule has 2 fully saturated rings. The predicted molar refractivity (Wildman–Crippen MR) is 69.4 cm³/mol. The lowest BCUT2D eigenvalue weighted by Crippen LogP contribution is -2.46. The van der Waals surface area contributed by atoms with E-state index in [1.165, 1.54) is 0 Å². The van der Waals surface area contributed by atoms with Crippen LogP contribution >= 0.6 is 0 Å². The second-order valence-electron chi connectivity index (χ2n) is 5.54. The van der Waals surface area contributed by atoms with Crippen LogP contribution in [0.4, 0.5) is 0 Å². The van der Waals surface area contributed by atoms with E-state index in [1.807, 2.05) is 0 Å². The molecular weight excluding hydrogens is 230 g/mol. The van der Waals surface area contributed by atoms with Crippen LogP contribution in [0.5, 0.6) is 0 Å². The van der Waals surface area contributed by atoms with Gasteiger partial charge >= 0.3 is 5.97 Å². The predicted octanol–water partition coefficient (Wildman–Crippen LogP) is 1.88. The van der Waals surface area contributed by atoms with Gasteiger partial charge in [-0.1, -0.05) is 13.3 Å². The Balaban J connectivity index is 1.86. The number of rotatable bonds is 5. The van der Waals surface area contributed by atoms with Crippen molar-refractivity contribution in [2.45, 2.75) is 51.6 Å². The molecule has 0 aliphatic carbocycles. The van der Waals surface area contributed by atoms with Crippen LogP contribution in [0.25, 0.3) is 0 Å². The van der Waals surface area contributed by atoms with Gasteiger partial charge < -0.3 is 14.8 Å². The highest BCUT2D eigenvalue weighted by molar-refractivity contribution is 5.77. The fourth-order valence-electron chi connectivity index (χ4n) is 3.03. The van der Waals surface area contributed by atoms with Crippen LogP contribution in [0.2, 0.25) is 0 Å². The highest BCUT2D eigenvalue weighted by atomic mass is 16.6. The third-order valence-corrected chi connectivity index (χ3v) is 4.06. The molecule has 0 radical (unpaired) electrons. The first-order valence-electron chi connectivity index (χ1n) is 7.26. The molecule has 18 heavy (non-hydrogen) atoms. The molecule has 104 valence electrons. The van der Waals surface area contributed by atoms with Crippen LogP contribution in [-0.4, -0.2) is 38.4 Å². The van der Waals surface area contributed by atoms with Gasteiger partial charge in [-0.2, -0.15) is 0 Å². The Morgan fingerprint density at radius 3 is 3.00 bits per heavy atom. The van der Waals surface area contributed by atoms with Crippen molar-refractivity contribution < 1.29 is 14.3 Å². The minimum atomic E-state index is -0.286. The van der Waals surface area contributed by atoms with E-state index in [9.17, 15) is 4.79 Å². The van der Waals surface area contributed by atoms with E-state index in [1.54, 1.807) is 0 Å². The molecule has 2 heterocycles. The van der Waals surface area contributed by atoms with Crippen molar-refractivity contribution in [1.29, 1.82) is 0 Å². The molecule has 1 N–H and O–H groups in total. The number of ether oxygens (including phenoxy) is 2. The molecule has 0 saturated carbocycles. The van der Waals surface area contributed by atoms with Gasteiger partial charge in [0.1, 0.15) is 6.61 Å².